The average molecular weight is 248 g/mol. The van der Waals surface area contributed by atoms with E-state index < -0.39 is 0 Å². The maximum absolute atomic E-state index is 8.73. The fourth-order valence-corrected chi connectivity index (χ4v) is 1.73. The third-order valence-electron chi connectivity index (χ3n) is 2.65. The summed E-state index contributed by atoms with van der Waals surface area (Å²) >= 11 is 0. The zero-order chi connectivity index (χ0) is 13.7. The predicted molar refractivity (Wildman–Crippen MR) is 73.4 cm³/mol. The van der Waals surface area contributed by atoms with Crippen molar-refractivity contribution in [3.8, 4) is 17.8 Å². The van der Waals surface area contributed by atoms with Crippen LogP contribution in [0.1, 0.15) is 5.56 Å². The number of benzene rings is 1. The third-order valence-corrected chi connectivity index (χ3v) is 2.65. The second-order valence-electron chi connectivity index (χ2n) is 4.04. The first-order chi connectivity index (χ1) is 9.24. The standard InChI is InChI=1S/C15H12N4/c1-12-4-5-15(19-6-2-3-7-19)14(8-12)18-11-13(9-16)10-17/h2-8,11,18H,1H3. The summed E-state index contributed by atoms with van der Waals surface area (Å²) < 4.78 is 1.97. The van der Waals surface area contributed by atoms with Crippen LogP contribution in [-0.2, 0) is 0 Å². The van der Waals surface area contributed by atoms with Gasteiger partial charge >= 0.3 is 0 Å². The summed E-state index contributed by atoms with van der Waals surface area (Å²) in [5, 5.41) is 20.5. The lowest BCUT2D eigenvalue weighted by molar-refractivity contribution is 1.08. The highest BCUT2D eigenvalue weighted by molar-refractivity contribution is 5.64. The third kappa shape index (κ3) is 2.83. The number of aryl methyl sites for hydroxylation is 1. The van der Waals surface area contributed by atoms with Crippen LogP contribution in [0.15, 0.2) is 54.5 Å². The molecule has 0 unspecified atom stereocenters. The molecule has 4 heteroatoms. The number of nitrogens with zero attached hydrogens (tertiary/aromatic N) is 3. The molecule has 0 aliphatic rings. The van der Waals surface area contributed by atoms with Crippen molar-refractivity contribution in [1.29, 1.82) is 10.5 Å². The maximum Gasteiger partial charge on any atom is 0.145 e. The van der Waals surface area contributed by atoms with E-state index in [0.29, 0.717) is 0 Å². The minimum atomic E-state index is 0.0416. The first-order valence-electron chi connectivity index (χ1n) is 5.75. The molecule has 0 amide bonds. The van der Waals surface area contributed by atoms with E-state index in [4.69, 9.17) is 10.5 Å². The van der Waals surface area contributed by atoms with Gasteiger partial charge in [-0.05, 0) is 36.8 Å². The second-order valence-corrected chi connectivity index (χ2v) is 4.04. The SMILES string of the molecule is Cc1ccc(-n2cccc2)c(NC=C(C#N)C#N)c1. The number of rotatable bonds is 3. The van der Waals surface area contributed by atoms with Crippen molar-refractivity contribution in [2.75, 3.05) is 5.32 Å². The summed E-state index contributed by atoms with van der Waals surface area (Å²) in [5.74, 6) is 0. The predicted octanol–water partition coefficient (Wildman–Crippen LogP) is 3.13. The Morgan fingerprint density at radius 2 is 1.89 bits per heavy atom. The topological polar surface area (TPSA) is 64.5 Å². The van der Waals surface area contributed by atoms with Crippen molar-refractivity contribution in [3.05, 3.63) is 60.1 Å². The van der Waals surface area contributed by atoms with Crippen LogP contribution in [0.3, 0.4) is 0 Å². The van der Waals surface area contributed by atoms with Crippen LogP contribution >= 0.6 is 0 Å². The second kappa shape index (κ2) is 5.57. The normalized spacial score (nSPS) is 9.21. The van der Waals surface area contributed by atoms with Crippen LogP contribution in [-0.4, -0.2) is 4.57 Å². The monoisotopic (exact) mass is 248 g/mol. The lowest BCUT2D eigenvalue weighted by Gasteiger charge is -2.11. The highest BCUT2D eigenvalue weighted by Gasteiger charge is 2.03. The zero-order valence-electron chi connectivity index (χ0n) is 10.5. The summed E-state index contributed by atoms with van der Waals surface area (Å²) in [4.78, 5) is 0. The van der Waals surface area contributed by atoms with E-state index in [9.17, 15) is 0 Å². The molecule has 1 aromatic carbocycles. The molecule has 4 nitrogen and oxygen atoms in total. The van der Waals surface area contributed by atoms with Crippen molar-refractivity contribution in [2.45, 2.75) is 6.92 Å². The van der Waals surface area contributed by atoms with Crippen LogP contribution in [0.4, 0.5) is 5.69 Å². The zero-order valence-corrected chi connectivity index (χ0v) is 10.5. The van der Waals surface area contributed by atoms with E-state index in [0.717, 1.165) is 16.9 Å². The van der Waals surface area contributed by atoms with Crippen molar-refractivity contribution in [1.82, 2.24) is 4.57 Å². The molecule has 0 aliphatic carbocycles. The Hall–Kier alpha value is -2.98. The molecule has 2 aromatic rings. The fraction of sp³-hybridized carbons (Fsp3) is 0.0667. The van der Waals surface area contributed by atoms with E-state index in [-0.39, 0.29) is 5.57 Å². The molecule has 0 saturated heterocycles. The molecule has 19 heavy (non-hydrogen) atoms. The molecule has 1 heterocycles. The van der Waals surface area contributed by atoms with E-state index >= 15 is 0 Å². The molecule has 0 fully saturated rings. The maximum atomic E-state index is 8.73. The molecule has 1 N–H and O–H groups in total. The van der Waals surface area contributed by atoms with Gasteiger partial charge in [-0.1, -0.05) is 6.07 Å². The summed E-state index contributed by atoms with van der Waals surface area (Å²) in [6.45, 7) is 1.99. The first kappa shape index (κ1) is 12.5. The Morgan fingerprint density at radius 3 is 2.53 bits per heavy atom. The molecule has 0 atom stereocenters. The smallest absolute Gasteiger partial charge is 0.145 e. The molecule has 0 spiro atoms. The average Bonchev–Trinajstić information content (AvgIpc) is 2.94. The van der Waals surface area contributed by atoms with Crippen molar-refractivity contribution in [2.24, 2.45) is 0 Å². The van der Waals surface area contributed by atoms with E-state index in [2.05, 4.69) is 5.32 Å². The molecule has 0 saturated carbocycles. The molecule has 2 rings (SSSR count). The van der Waals surface area contributed by atoms with Crippen LogP contribution in [0, 0.1) is 29.6 Å². The van der Waals surface area contributed by atoms with Crippen molar-refractivity contribution in [3.63, 3.8) is 0 Å². The Morgan fingerprint density at radius 1 is 1.21 bits per heavy atom. The van der Waals surface area contributed by atoms with Crippen molar-refractivity contribution >= 4 is 5.69 Å². The first-order valence-corrected chi connectivity index (χ1v) is 5.75. The Kier molecular flexibility index (Phi) is 3.66. The lowest BCUT2D eigenvalue weighted by Crippen LogP contribution is -1.99. The van der Waals surface area contributed by atoms with Crippen LogP contribution in [0.5, 0.6) is 0 Å². The van der Waals surface area contributed by atoms with Gasteiger partial charge in [0.1, 0.15) is 17.7 Å². The molecular weight excluding hydrogens is 236 g/mol. The fourth-order valence-electron chi connectivity index (χ4n) is 1.73. The largest absolute Gasteiger partial charge is 0.358 e. The molecular formula is C15H12N4. The minimum Gasteiger partial charge on any atom is -0.358 e. The highest BCUT2D eigenvalue weighted by atomic mass is 15.0. The van der Waals surface area contributed by atoms with Gasteiger partial charge in [-0.15, -0.1) is 0 Å². The highest BCUT2D eigenvalue weighted by Crippen LogP contribution is 2.22. The van der Waals surface area contributed by atoms with E-state index in [1.165, 1.54) is 6.20 Å². The Balaban J connectivity index is 2.40. The summed E-state index contributed by atoms with van der Waals surface area (Å²) in [6, 6.07) is 13.5. The van der Waals surface area contributed by atoms with Gasteiger partial charge < -0.3 is 9.88 Å². The number of nitrogens with one attached hydrogen (secondary N) is 1. The summed E-state index contributed by atoms with van der Waals surface area (Å²) in [5.41, 5.74) is 2.95. The van der Waals surface area contributed by atoms with E-state index in [1.807, 2.05) is 66.4 Å². The molecule has 1 aromatic heterocycles. The van der Waals surface area contributed by atoms with Gasteiger partial charge in [0.05, 0.1) is 11.4 Å². The van der Waals surface area contributed by atoms with Gasteiger partial charge in [-0.25, -0.2) is 0 Å². The van der Waals surface area contributed by atoms with Crippen LogP contribution in [0.2, 0.25) is 0 Å². The lowest BCUT2D eigenvalue weighted by atomic mass is 10.2. The number of nitriles is 2. The molecule has 0 aliphatic heterocycles. The van der Waals surface area contributed by atoms with Gasteiger partial charge in [-0.3, -0.25) is 0 Å². The molecule has 0 bridgehead atoms. The van der Waals surface area contributed by atoms with Gasteiger partial charge in [-0.2, -0.15) is 10.5 Å². The van der Waals surface area contributed by atoms with Gasteiger partial charge in [0.25, 0.3) is 0 Å². The quantitative estimate of drug-likeness (QED) is 0.849. The van der Waals surface area contributed by atoms with E-state index in [1.54, 1.807) is 0 Å². The number of hydrogen-bond acceptors (Lipinski definition) is 3. The van der Waals surface area contributed by atoms with Crippen LogP contribution in [0.25, 0.3) is 5.69 Å². The number of anilines is 1. The number of aromatic nitrogens is 1. The van der Waals surface area contributed by atoms with Crippen molar-refractivity contribution < 1.29 is 0 Å². The molecule has 92 valence electrons. The number of hydrogen-bond donors (Lipinski definition) is 1. The van der Waals surface area contributed by atoms with Crippen LogP contribution < -0.4 is 5.32 Å². The van der Waals surface area contributed by atoms with Gasteiger partial charge in [0.2, 0.25) is 0 Å². The Bertz CT molecular complexity index is 666. The minimum absolute atomic E-state index is 0.0416. The number of allylic oxidation sites excluding steroid dienone is 1. The summed E-state index contributed by atoms with van der Waals surface area (Å²) in [6.07, 6.45) is 5.30. The summed E-state index contributed by atoms with van der Waals surface area (Å²) in [7, 11) is 0. The molecule has 0 radical (unpaired) electrons. The van der Waals surface area contributed by atoms with Gasteiger partial charge in [0.15, 0.2) is 0 Å². The van der Waals surface area contributed by atoms with Gasteiger partial charge in [0, 0.05) is 18.6 Å². The Labute approximate surface area is 111 Å².